The summed E-state index contributed by atoms with van der Waals surface area (Å²) in [7, 11) is -3.19. The highest BCUT2D eigenvalue weighted by Crippen LogP contribution is 2.28. The van der Waals surface area contributed by atoms with E-state index in [1.807, 2.05) is 0 Å². The molecule has 1 saturated heterocycles. The van der Waals surface area contributed by atoms with Gasteiger partial charge in [0.2, 0.25) is 15.0 Å². The topological polar surface area (TPSA) is 80.5 Å². The molecule has 1 aromatic carbocycles. The van der Waals surface area contributed by atoms with Crippen LogP contribution in [-0.2, 0) is 16.4 Å². The van der Waals surface area contributed by atoms with Crippen LogP contribution in [-0.4, -0.2) is 51.9 Å². The molecule has 3 heterocycles. The Labute approximate surface area is 163 Å². The van der Waals surface area contributed by atoms with Gasteiger partial charge < -0.3 is 0 Å². The van der Waals surface area contributed by atoms with Crippen LogP contribution in [0.1, 0.15) is 46.3 Å². The maximum absolute atomic E-state index is 11.9. The second-order valence-electron chi connectivity index (χ2n) is 7.30. The fourth-order valence-electron chi connectivity index (χ4n) is 3.54. The van der Waals surface area contributed by atoms with Gasteiger partial charge in [-0.15, -0.1) is 10.2 Å². The largest absolute Gasteiger partial charge is 0.234 e. The molecule has 3 aromatic rings. The van der Waals surface area contributed by atoms with Crippen LogP contribution in [0.2, 0.25) is 0 Å². The van der Waals surface area contributed by atoms with Crippen molar-refractivity contribution in [2.45, 2.75) is 39.0 Å². The van der Waals surface area contributed by atoms with E-state index < -0.39 is 10.0 Å². The van der Waals surface area contributed by atoms with Crippen LogP contribution >= 0.6 is 11.3 Å². The fraction of sp³-hybridized carbons (Fsp3) is 0.500. The number of aryl methyl sites for hydroxylation is 2. The zero-order chi connectivity index (χ0) is 19.2. The molecule has 4 rings (SSSR count). The first-order valence-electron chi connectivity index (χ1n) is 9.03. The van der Waals surface area contributed by atoms with E-state index in [-0.39, 0.29) is 5.92 Å². The molecule has 1 aliphatic heterocycles. The first-order valence-corrected chi connectivity index (χ1v) is 11.7. The molecule has 2 aromatic heterocycles. The lowest BCUT2D eigenvalue weighted by Crippen LogP contribution is -2.38. The Kier molecular flexibility index (Phi) is 4.77. The van der Waals surface area contributed by atoms with Crippen molar-refractivity contribution in [3.05, 3.63) is 45.7 Å². The summed E-state index contributed by atoms with van der Waals surface area (Å²) < 4.78 is 27.1. The van der Waals surface area contributed by atoms with Crippen molar-refractivity contribution in [1.29, 1.82) is 0 Å². The highest BCUT2D eigenvalue weighted by atomic mass is 32.2. The van der Waals surface area contributed by atoms with Crippen molar-refractivity contribution in [2.24, 2.45) is 0 Å². The molecule has 7 nitrogen and oxygen atoms in total. The van der Waals surface area contributed by atoms with Gasteiger partial charge in [0.05, 0.1) is 6.26 Å². The number of hydrogen-bond donors (Lipinski definition) is 0. The van der Waals surface area contributed by atoms with Gasteiger partial charge >= 0.3 is 0 Å². The molecule has 1 fully saturated rings. The first-order chi connectivity index (χ1) is 12.8. The average Bonchev–Trinajstić information content (AvgIpc) is 3.17. The molecule has 1 unspecified atom stereocenters. The van der Waals surface area contributed by atoms with Gasteiger partial charge in [0.1, 0.15) is 5.01 Å². The van der Waals surface area contributed by atoms with E-state index in [1.165, 1.54) is 38.6 Å². The predicted molar refractivity (Wildman–Crippen MR) is 106 cm³/mol. The van der Waals surface area contributed by atoms with Gasteiger partial charge in [0, 0.05) is 25.4 Å². The third kappa shape index (κ3) is 3.76. The third-order valence-corrected chi connectivity index (χ3v) is 7.37. The molecule has 0 aliphatic carbocycles. The molecule has 0 spiro atoms. The second-order valence-corrected chi connectivity index (χ2v) is 10.3. The molecular weight excluding hydrogens is 382 g/mol. The summed E-state index contributed by atoms with van der Waals surface area (Å²) in [6.07, 6.45) is 3.75. The molecule has 0 amide bonds. The monoisotopic (exact) mass is 405 g/mol. The summed E-state index contributed by atoms with van der Waals surface area (Å²) in [4.78, 5) is 0.764. The van der Waals surface area contributed by atoms with Gasteiger partial charge in [-0.2, -0.15) is 9.61 Å². The third-order valence-electron chi connectivity index (χ3n) is 5.20. The summed E-state index contributed by atoms with van der Waals surface area (Å²) in [5.74, 6) is 0.793. The zero-order valence-corrected chi connectivity index (χ0v) is 17.3. The number of rotatable bonds is 4. The molecule has 0 radical (unpaired) electrons. The van der Waals surface area contributed by atoms with E-state index in [4.69, 9.17) is 5.10 Å². The highest BCUT2D eigenvalue weighted by Gasteiger charge is 2.30. The number of hydrogen-bond acceptors (Lipinski definition) is 6. The first kappa shape index (κ1) is 18.5. The quantitative estimate of drug-likeness (QED) is 0.666. The van der Waals surface area contributed by atoms with Gasteiger partial charge in [0.15, 0.2) is 5.82 Å². The van der Waals surface area contributed by atoms with Crippen molar-refractivity contribution in [1.82, 2.24) is 24.1 Å². The van der Waals surface area contributed by atoms with E-state index in [9.17, 15) is 8.42 Å². The summed E-state index contributed by atoms with van der Waals surface area (Å²) in [5.41, 5.74) is 3.79. The summed E-state index contributed by atoms with van der Waals surface area (Å²) in [6, 6.07) is 6.47. The van der Waals surface area contributed by atoms with Crippen LogP contribution in [0.3, 0.4) is 0 Å². The van der Waals surface area contributed by atoms with Gasteiger partial charge in [-0.1, -0.05) is 29.5 Å². The predicted octanol–water partition coefficient (Wildman–Crippen LogP) is 2.53. The Balaban J connectivity index is 1.59. The van der Waals surface area contributed by atoms with Gasteiger partial charge in [0.25, 0.3) is 0 Å². The number of fused-ring (bicyclic) bond motifs is 1. The average molecular weight is 406 g/mol. The maximum atomic E-state index is 11.9. The Bertz CT molecular complexity index is 1090. The molecule has 144 valence electrons. The number of aromatic nitrogens is 4. The van der Waals surface area contributed by atoms with Crippen molar-refractivity contribution >= 4 is 26.3 Å². The molecule has 1 aliphatic rings. The van der Waals surface area contributed by atoms with Crippen LogP contribution in [0.4, 0.5) is 0 Å². The van der Waals surface area contributed by atoms with Crippen LogP contribution < -0.4 is 0 Å². The fourth-order valence-corrected chi connectivity index (χ4v) is 5.33. The van der Waals surface area contributed by atoms with Gasteiger partial charge in [-0.3, -0.25) is 0 Å². The highest BCUT2D eigenvalue weighted by molar-refractivity contribution is 7.88. The summed E-state index contributed by atoms with van der Waals surface area (Å²) in [6.45, 7) is 5.25. The van der Waals surface area contributed by atoms with Crippen LogP contribution in [0.15, 0.2) is 18.2 Å². The van der Waals surface area contributed by atoms with E-state index in [0.29, 0.717) is 13.1 Å². The van der Waals surface area contributed by atoms with E-state index in [0.717, 1.165) is 35.1 Å². The molecular formula is C18H23N5O2S2. The Morgan fingerprint density at radius 1 is 1.22 bits per heavy atom. The lowest BCUT2D eigenvalue weighted by atomic mass is 9.99. The zero-order valence-electron chi connectivity index (χ0n) is 15.7. The number of sulfonamides is 1. The number of nitrogens with zero attached hydrogens (tertiary/aromatic N) is 5. The minimum absolute atomic E-state index is 0.0278. The second kappa shape index (κ2) is 6.96. The lowest BCUT2D eigenvalue weighted by molar-refractivity contribution is 0.309. The van der Waals surface area contributed by atoms with Crippen LogP contribution in [0, 0.1) is 13.8 Å². The molecule has 9 heteroatoms. The Morgan fingerprint density at radius 2 is 2.04 bits per heavy atom. The summed E-state index contributed by atoms with van der Waals surface area (Å²) in [5, 5.41) is 14.3. The van der Waals surface area contributed by atoms with E-state index in [1.54, 1.807) is 4.52 Å². The molecule has 0 N–H and O–H groups in total. The lowest BCUT2D eigenvalue weighted by Gasteiger charge is -2.29. The Morgan fingerprint density at radius 3 is 2.78 bits per heavy atom. The number of benzene rings is 1. The van der Waals surface area contributed by atoms with Gasteiger partial charge in [-0.05, 0) is 43.4 Å². The van der Waals surface area contributed by atoms with Crippen LogP contribution in [0.25, 0.3) is 4.96 Å². The maximum Gasteiger partial charge on any atom is 0.234 e. The smallest absolute Gasteiger partial charge is 0.213 e. The van der Waals surface area contributed by atoms with Crippen LogP contribution in [0.5, 0.6) is 0 Å². The minimum atomic E-state index is -3.19. The SMILES string of the molecule is Cc1ccc(Cc2nn3c(C4CCCN(S(C)(=O)=O)C4)nnc3s2)cc1C. The normalized spacial score (nSPS) is 19.0. The number of piperidine rings is 1. The van der Waals surface area contributed by atoms with E-state index >= 15 is 0 Å². The molecule has 0 saturated carbocycles. The van der Waals surface area contributed by atoms with E-state index in [2.05, 4.69) is 42.2 Å². The molecule has 1 atom stereocenters. The van der Waals surface area contributed by atoms with Crippen molar-refractivity contribution in [2.75, 3.05) is 19.3 Å². The van der Waals surface area contributed by atoms with Gasteiger partial charge in [-0.25, -0.2) is 12.7 Å². The molecule has 27 heavy (non-hydrogen) atoms. The molecule has 0 bridgehead atoms. The van der Waals surface area contributed by atoms with Crippen molar-refractivity contribution in [3.8, 4) is 0 Å². The summed E-state index contributed by atoms with van der Waals surface area (Å²) >= 11 is 1.54. The minimum Gasteiger partial charge on any atom is -0.213 e. The van der Waals surface area contributed by atoms with Crippen molar-refractivity contribution in [3.63, 3.8) is 0 Å². The van der Waals surface area contributed by atoms with Crippen molar-refractivity contribution < 1.29 is 8.42 Å². The Hall–Kier alpha value is -1.84. The standard InChI is InChI=1S/C18H23N5O2S2/c1-12-6-7-14(9-13(12)2)10-16-21-23-17(19-20-18(23)26-16)15-5-4-8-22(11-15)27(3,24)25/h6-7,9,15H,4-5,8,10-11H2,1-3H3.